The van der Waals surface area contributed by atoms with Crippen LogP contribution < -0.4 is 14.4 Å². The standard InChI is InChI=1S/C21H25NO4S/c1-22(15-10-11-18(24-2)19(13-15)25-3)21(23)17-8-4-5-9-20(17)27-14-16-7-6-12-26-16/h4-5,8-11,13,16H,6-7,12,14H2,1-3H3. The molecule has 1 amide bonds. The molecule has 0 radical (unpaired) electrons. The van der Waals surface area contributed by atoms with E-state index in [1.54, 1.807) is 50.1 Å². The summed E-state index contributed by atoms with van der Waals surface area (Å²) in [6.45, 7) is 0.841. The molecule has 6 heteroatoms. The highest BCUT2D eigenvalue weighted by Crippen LogP contribution is 2.33. The summed E-state index contributed by atoms with van der Waals surface area (Å²) in [5.74, 6) is 2.03. The SMILES string of the molecule is COc1ccc(N(C)C(=O)c2ccccc2SCC2CCCO2)cc1OC. The summed E-state index contributed by atoms with van der Waals surface area (Å²) >= 11 is 1.68. The van der Waals surface area contributed by atoms with Crippen LogP contribution >= 0.6 is 11.8 Å². The zero-order chi connectivity index (χ0) is 19.2. The van der Waals surface area contributed by atoms with Crippen LogP contribution in [0.4, 0.5) is 5.69 Å². The average Bonchev–Trinajstić information content (AvgIpc) is 3.24. The monoisotopic (exact) mass is 387 g/mol. The minimum absolute atomic E-state index is 0.0577. The lowest BCUT2D eigenvalue weighted by atomic mass is 10.2. The Bertz CT molecular complexity index is 790. The molecule has 1 heterocycles. The molecule has 0 bridgehead atoms. The number of anilines is 1. The van der Waals surface area contributed by atoms with Gasteiger partial charge in [-0.1, -0.05) is 12.1 Å². The van der Waals surface area contributed by atoms with E-state index in [4.69, 9.17) is 14.2 Å². The number of hydrogen-bond donors (Lipinski definition) is 0. The van der Waals surface area contributed by atoms with E-state index in [0.29, 0.717) is 17.1 Å². The van der Waals surface area contributed by atoms with E-state index in [0.717, 1.165) is 35.8 Å². The van der Waals surface area contributed by atoms with Gasteiger partial charge in [-0.25, -0.2) is 0 Å². The van der Waals surface area contributed by atoms with E-state index in [9.17, 15) is 4.79 Å². The minimum Gasteiger partial charge on any atom is -0.493 e. The van der Waals surface area contributed by atoms with Crippen molar-refractivity contribution in [3.05, 3.63) is 48.0 Å². The first-order valence-electron chi connectivity index (χ1n) is 8.97. The van der Waals surface area contributed by atoms with Crippen molar-refractivity contribution in [2.45, 2.75) is 23.8 Å². The Balaban J connectivity index is 1.78. The number of carbonyl (C=O) groups is 1. The van der Waals surface area contributed by atoms with Crippen molar-refractivity contribution in [1.82, 2.24) is 0 Å². The highest BCUT2D eigenvalue weighted by molar-refractivity contribution is 7.99. The molecule has 1 fully saturated rings. The van der Waals surface area contributed by atoms with Gasteiger partial charge in [0.25, 0.3) is 5.91 Å². The van der Waals surface area contributed by atoms with Gasteiger partial charge in [0, 0.05) is 36.1 Å². The van der Waals surface area contributed by atoms with E-state index >= 15 is 0 Å². The Labute approximate surface area is 164 Å². The van der Waals surface area contributed by atoms with Crippen LogP contribution in [0, 0.1) is 0 Å². The van der Waals surface area contributed by atoms with Gasteiger partial charge in [-0.3, -0.25) is 4.79 Å². The number of amides is 1. The molecule has 1 aliphatic heterocycles. The normalized spacial score (nSPS) is 16.2. The van der Waals surface area contributed by atoms with Crippen molar-refractivity contribution in [2.75, 3.05) is 38.5 Å². The molecule has 0 N–H and O–H groups in total. The molecule has 1 atom stereocenters. The van der Waals surface area contributed by atoms with Crippen molar-refractivity contribution in [1.29, 1.82) is 0 Å². The zero-order valence-corrected chi connectivity index (χ0v) is 16.8. The van der Waals surface area contributed by atoms with Gasteiger partial charge in [0.15, 0.2) is 11.5 Å². The Hall–Kier alpha value is -2.18. The Morgan fingerprint density at radius 1 is 1.19 bits per heavy atom. The maximum Gasteiger partial charge on any atom is 0.259 e. The first-order valence-corrected chi connectivity index (χ1v) is 9.96. The number of carbonyl (C=O) groups excluding carboxylic acids is 1. The van der Waals surface area contributed by atoms with E-state index in [1.807, 2.05) is 30.3 Å². The third-order valence-electron chi connectivity index (χ3n) is 4.63. The Morgan fingerprint density at radius 2 is 1.96 bits per heavy atom. The zero-order valence-electron chi connectivity index (χ0n) is 15.9. The molecule has 0 saturated carbocycles. The second-order valence-electron chi connectivity index (χ2n) is 6.35. The molecule has 1 unspecified atom stereocenters. The van der Waals surface area contributed by atoms with Gasteiger partial charge >= 0.3 is 0 Å². The van der Waals surface area contributed by atoms with Crippen LogP contribution in [-0.4, -0.2) is 45.6 Å². The van der Waals surface area contributed by atoms with Gasteiger partial charge in [0.1, 0.15) is 0 Å². The summed E-state index contributed by atoms with van der Waals surface area (Å²) in [6.07, 6.45) is 2.49. The lowest BCUT2D eigenvalue weighted by Gasteiger charge is -2.20. The summed E-state index contributed by atoms with van der Waals surface area (Å²) in [5, 5.41) is 0. The third-order valence-corrected chi connectivity index (χ3v) is 5.83. The van der Waals surface area contributed by atoms with E-state index in [2.05, 4.69) is 0 Å². The fourth-order valence-electron chi connectivity index (χ4n) is 3.06. The number of hydrogen-bond acceptors (Lipinski definition) is 5. The molecule has 2 aromatic rings. The van der Waals surface area contributed by atoms with Crippen LogP contribution in [0.2, 0.25) is 0 Å². The van der Waals surface area contributed by atoms with Gasteiger partial charge < -0.3 is 19.1 Å². The second kappa shape index (κ2) is 9.15. The summed E-state index contributed by atoms with van der Waals surface area (Å²) in [7, 11) is 4.94. The molecule has 2 aromatic carbocycles. The number of nitrogens with zero attached hydrogens (tertiary/aromatic N) is 1. The predicted octanol–water partition coefficient (Wildman–Crippen LogP) is 4.25. The minimum atomic E-state index is -0.0577. The molecule has 0 aliphatic carbocycles. The summed E-state index contributed by atoms with van der Waals surface area (Å²) < 4.78 is 16.3. The van der Waals surface area contributed by atoms with Gasteiger partial charge in [-0.2, -0.15) is 0 Å². The van der Waals surface area contributed by atoms with Gasteiger partial charge in [-0.05, 0) is 37.1 Å². The number of methoxy groups -OCH3 is 2. The number of ether oxygens (including phenoxy) is 3. The predicted molar refractivity (Wildman–Crippen MR) is 108 cm³/mol. The molecule has 3 rings (SSSR count). The number of rotatable bonds is 7. The molecule has 144 valence electrons. The molecular weight excluding hydrogens is 362 g/mol. The van der Waals surface area contributed by atoms with E-state index in [1.165, 1.54) is 0 Å². The largest absolute Gasteiger partial charge is 0.493 e. The maximum atomic E-state index is 13.1. The number of thioether (sulfide) groups is 1. The lowest BCUT2D eigenvalue weighted by molar-refractivity contribution is 0.0990. The fourth-order valence-corrected chi connectivity index (χ4v) is 4.17. The fraction of sp³-hybridized carbons (Fsp3) is 0.381. The summed E-state index contributed by atoms with van der Waals surface area (Å²) in [4.78, 5) is 15.7. The topological polar surface area (TPSA) is 48.0 Å². The molecule has 0 aromatic heterocycles. The van der Waals surface area contributed by atoms with E-state index < -0.39 is 0 Å². The van der Waals surface area contributed by atoms with Gasteiger partial charge in [0.2, 0.25) is 0 Å². The molecule has 27 heavy (non-hydrogen) atoms. The van der Waals surface area contributed by atoms with Gasteiger partial charge in [0.05, 0.1) is 25.9 Å². The van der Waals surface area contributed by atoms with Crippen LogP contribution in [-0.2, 0) is 4.74 Å². The maximum absolute atomic E-state index is 13.1. The molecule has 5 nitrogen and oxygen atoms in total. The highest BCUT2D eigenvalue weighted by atomic mass is 32.2. The lowest BCUT2D eigenvalue weighted by Crippen LogP contribution is -2.26. The highest BCUT2D eigenvalue weighted by Gasteiger charge is 2.21. The molecule has 0 spiro atoms. The van der Waals surface area contributed by atoms with Crippen molar-refractivity contribution in [3.8, 4) is 11.5 Å². The van der Waals surface area contributed by atoms with Crippen molar-refractivity contribution >= 4 is 23.4 Å². The Morgan fingerprint density at radius 3 is 2.67 bits per heavy atom. The number of benzene rings is 2. The van der Waals surface area contributed by atoms with Crippen molar-refractivity contribution in [3.63, 3.8) is 0 Å². The molecule has 1 aliphatic rings. The van der Waals surface area contributed by atoms with Crippen LogP contribution in [0.15, 0.2) is 47.4 Å². The quantitative estimate of drug-likeness (QED) is 0.665. The molecule has 1 saturated heterocycles. The Kier molecular flexibility index (Phi) is 6.63. The van der Waals surface area contributed by atoms with Crippen LogP contribution in [0.1, 0.15) is 23.2 Å². The first-order chi connectivity index (χ1) is 13.1. The third kappa shape index (κ3) is 4.57. The van der Waals surface area contributed by atoms with Crippen LogP contribution in [0.5, 0.6) is 11.5 Å². The van der Waals surface area contributed by atoms with Gasteiger partial charge in [-0.15, -0.1) is 11.8 Å². The summed E-state index contributed by atoms with van der Waals surface area (Å²) in [5.41, 5.74) is 1.44. The van der Waals surface area contributed by atoms with Crippen molar-refractivity contribution in [2.24, 2.45) is 0 Å². The second-order valence-corrected chi connectivity index (χ2v) is 7.41. The van der Waals surface area contributed by atoms with Crippen LogP contribution in [0.3, 0.4) is 0 Å². The van der Waals surface area contributed by atoms with E-state index in [-0.39, 0.29) is 12.0 Å². The molecular formula is C21H25NO4S. The van der Waals surface area contributed by atoms with Crippen LogP contribution in [0.25, 0.3) is 0 Å². The van der Waals surface area contributed by atoms with Crippen molar-refractivity contribution < 1.29 is 19.0 Å². The first kappa shape index (κ1) is 19.6. The average molecular weight is 388 g/mol. The summed E-state index contributed by atoms with van der Waals surface area (Å²) in [6, 6.07) is 13.2. The smallest absolute Gasteiger partial charge is 0.259 e.